The van der Waals surface area contributed by atoms with Crippen molar-refractivity contribution in [1.82, 2.24) is 20.4 Å². The highest BCUT2D eigenvalue weighted by Gasteiger charge is 2.71. The van der Waals surface area contributed by atoms with Gasteiger partial charge in [0.05, 0.1) is 23.4 Å². The molecule has 8 nitrogen and oxygen atoms in total. The van der Waals surface area contributed by atoms with Crippen molar-refractivity contribution >= 4 is 18.0 Å². The zero-order valence-electron chi connectivity index (χ0n) is 22.1. The van der Waals surface area contributed by atoms with Gasteiger partial charge in [0, 0.05) is 24.1 Å². The minimum Gasteiger partial charge on any atom is -0.474 e. The van der Waals surface area contributed by atoms with E-state index in [4.69, 9.17) is 4.74 Å². The summed E-state index contributed by atoms with van der Waals surface area (Å²) < 4.78 is 7.56. The van der Waals surface area contributed by atoms with Crippen LogP contribution in [-0.2, 0) is 4.79 Å². The van der Waals surface area contributed by atoms with Crippen LogP contribution in [0.4, 0.5) is 0 Å². The van der Waals surface area contributed by atoms with Gasteiger partial charge in [-0.1, -0.05) is 13.8 Å². The second-order valence-electron chi connectivity index (χ2n) is 12.0. The zero-order chi connectivity index (χ0) is 25.6. The van der Waals surface area contributed by atoms with Crippen LogP contribution in [0.1, 0.15) is 96.8 Å². The summed E-state index contributed by atoms with van der Waals surface area (Å²) in [5, 5.41) is 21.9. The number of hydrogen-bond donors (Lipinski definition) is 3. The van der Waals surface area contributed by atoms with Crippen molar-refractivity contribution in [2.75, 3.05) is 0 Å². The fraction of sp³-hybridized carbons (Fsp3) is 0.741. The van der Waals surface area contributed by atoms with Crippen molar-refractivity contribution in [2.24, 2.45) is 17.3 Å². The van der Waals surface area contributed by atoms with Gasteiger partial charge in [0.2, 0.25) is 11.8 Å². The van der Waals surface area contributed by atoms with E-state index < -0.39 is 11.1 Å². The molecule has 3 aliphatic carbocycles. The Bertz CT molecular complexity index is 999. The van der Waals surface area contributed by atoms with Gasteiger partial charge in [0.1, 0.15) is 5.56 Å². The standard InChI is InChI=1S/C27H42N4O4/c1-7-8-22(32)30-25(5,6)9-10-31-24(35-17(2)3)20(16-28-31)23(33)29-21-15-27(34)14-19-11-18(4)12-26(21,27)13-19/h9-10,16-19,21,34H,7-8,11-15H2,1-6H3,(H,29,33)(H,30,32)/b10-9+/t18?,19?,21?,26?,27-/m0/s1. The topological polar surface area (TPSA) is 105 Å². The van der Waals surface area contributed by atoms with Crippen molar-refractivity contribution in [2.45, 2.75) is 110 Å². The number of hydrogen-bond acceptors (Lipinski definition) is 5. The van der Waals surface area contributed by atoms with Gasteiger partial charge in [0.25, 0.3) is 5.91 Å². The molecule has 1 heterocycles. The van der Waals surface area contributed by atoms with E-state index in [2.05, 4.69) is 22.7 Å². The molecular weight excluding hydrogens is 444 g/mol. The molecule has 0 aliphatic heterocycles. The Hall–Kier alpha value is -2.35. The van der Waals surface area contributed by atoms with Gasteiger partial charge in [0.15, 0.2) is 0 Å². The Kier molecular flexibility index (Phi) is 6.81. The first kappa shape index (κ1) is 25.7. The second-order valence-corrected chi connectivity index (χ2v) is 12.0. The highest BCUT2D eigenvalue weighted by molar-refractivity contribution is 5.96. The van der Waals surface area contributed by atoms with Crippen molar-refractivity contribution in [3.63, 3.8) is 0 Å². The van der Waals surface area contributed by atoms with Crippen molar-refractivity contribution in [3.05, 3.63) is 17.8 Å². The molecule has 4 rings (SSSR count). The molecule has 0 saturated heterocycles. The smallest absolute Gasteiger partial charge is 0.258 e. The number of rotatable bonds is 9. The van der Waals surface area contributed by atoms with Gasteiger partial charge in [-0.25, -0.2) is 4.68 Å². The largest absolute Gasteiger partial charge is 0.474 e. The number of aromatic nitrogens is 2. The molecule has 1 aromatic heterocycles. The van der Waals surface area contributed by atoms with E-state index in [-0.39, 0.29) is 29.4 Å². The lowest BCUT2D eigenvalue weighted by atomic mass is 9.51. The fourth-order valence-electron chi connectivity index (χ4n) is 6.80. The highest BCUT2D eigenvalue weighted by Crippen LogP contribution is 2.68. The van der Waals surface area contributed by atoms with Gasteiger partial charge in [-0.3, -0.25) is 9.59 Å². The maximum Gasteiger partial charge on any atom is 0.258 e. The monoisotopic (exact) mass is 486 g/mol. The van der Waals surface area contributed by atoms with Crippen LogP contribution in [0.3, 0.4) is 0 Å². The third-order valence-electron chi connectivity index (χ3n) is 8.08. The lowest BCUT2D eigenvalue weighted by Crippen LogP contribution is -2.69. The summed E-state index contributed by atoms with van der Waals surface area (Å²) in [6, 6.07) is -0.0359. The van der Waals surface area contributed by atoms with Crippen LogP contribution in [0.2, 0.25) is 0 Å². The SMILES string of the molecule is CCCC(=O)NC(C)(C)/C=C/n1ncc(C(=O)NC2C[C@@]3(O)CC4CC(C)CC23C4)c1OC(C)C. The molecular formula is C27H42N4O4. The van der Waals surface area contributed by atoms with Crippen LogP contribution in [0, 0.1) is 17.3 Å². The fourth-order valence-corrected chi connectivity index (χ4v) is 6.80. The summed E-state index contributed by atoms with van der Waals surface area (Å²) >= 11 is 0. The summed E-state index contributed by atoms with van der Waals surface area (Å²) in [6.45, 7) is 11.9. The van der Waals surface area contributed by atoms with E-state index in [1.165, 1.54) is 12.6 Å². The molecule has 0 radical (unpaired) electrons. The van der Waals surface area contributed by atoms with Gasteiger partial charge in [-0.2, -0.15) is 5.10 Å². The molecule has 2 amide bonds. The summed E-state index contributed by atoms with van der Waals surface area (Å²) in [5.41, 5.74) is -1.05. The Morgan fingerprint density at radius 1 is 1.31 bits per heavy atom. The summed E-state index contributed by atoms with van der Waals surface area (Å²) in [4.78, 5) is 25.5. The van der Waals surface area contributed by atoms with Crippen LogP contribution in [0.5, 0.6) is 5.88 Å². The van der Waals surface area contributed by atoms with Crippen LogP contribution in [-0.4, -0.2) is 50.0 Å². The molecule has 3 aliphatic rings. The molecule has 35 heavy (non-hydrogen) atoms. The van der Waals surface area contributed by atoms with Crippen LogP contribution < -0.4 is 15.4 Å². The van der Waals surface area contributed by atoms with Crippen LogP contribution in [0.25, 0.3) is 6.20 Å². The zero-order valence-corrected chi connectivity index (χ0v) is 22.1. The van der Waals surface area contributed by atoms with Gasteiger partial charge < -0.3 is 20.5 Å². The van der Waals surface area contributed by atoms with Gasteiger partial charge in [-0.15, -0.1) is 0 Å². The summed E-state index contributed by atoms with van der Waals surface area (Å²) in [6.07, 6.45) is 10.8. The number of fused-ring (bicyclic) bond motifs is 1. The number of aliphatic hydroxyl groups is 1. The lowest BCUT2D eigenvalue weighted by Gasteiger charge is -2.59. The summed E-state index contributed by atoms with van der Waals surface area (Å²) in [5.74, 6) is 1.26. The highest BCUT2D eigenvalue weighted by atomic mass is 16.5. The van der Waals surface area contributed by atoms with Crippen LogP contribution in [0.15, 0.2) is 12.3 Å². The third-order valence-corrected chi connectivity index (χ3v) is 8.08. The first-order valence-electron chi connectivity index (χ1n) is 13.2. The molecule has 1 aromatic rings. The van der Waals surface area contributed by atoms with Crippen molar-refractivity contribution in [3.8, 4) is 5.88 Å². The predicted molar refractivity (Wildman–Crippen MR) is 135 cm³/mol. The number of nitrogens with one attached hydrogen (secondary N) is 2. The average Bonchev–Trinajstić information content (AvgIpc) is 3.19. The third kappa shape index (κ3) is 4.86. The molecule has 8 heteroatoms. The maximum absolute atomic E-state index is 13.4. The number of carbonyl (C=O) groups is 2. The Balaban J connectivity index is 1.51. The van der Waals surface area contributed by atoms with E-state index in [1.807, 2.05) is 40.7 Å². The molecule has 4 unspecified atom stereocenters. The molecule has 194 valence electrons. The summed E-state index contributed by atoms with van der Waals surface area (Å²) in [7, 11) is 0. The minimum absolute atomic E-state index is 0.00708. The molecule has 3 fully saturated rings. The minimum atomic E-state index is -0.641. The average molecular weight is 487 g/mol. The van der Waals surface area contributed by atoms with E-state index in [0.29, 0.717) is 36.1 Å². The van der Waals surface area contributed by atoms with E-state index in [0.717, 1.165) is 25.7 Å². The number of amides is 2. The molecule has 5 atom stereocenters. The number of nitrogens with zero attached hydrogens (tertiary/aromatic N) is 2. The normalized spacial score (nSPS) is 31.8. The van der Waals surface area contributed by atoms with E-state index in [1.54, 1.807) is 10.9 Å². The van der Waals surface area contributed by atoms with E-state index in [9.17, 15) is 14.7 Å². The Morgan fingerprint density at radius 3 is 2.74 bits per heavy atom. The number of ether oxygens (including phenoxy) is 1. The quantitative estimate of drug-likeness (QED) is 0.491. The molecule has 1 spiro atoms. The van der Waals surface area contributed by atoms with Gasteiger partial charge in [-0.05, 0) is 84.1 Å². The molecule has 2 bridgehead atoms. The molecule has 0 aromatic carbocycles. The maximum atomic E-state index is 13.4. The van der Waals surface area contributed by atoms with E-state index >= 15 is 0 Å². The molecule has 3 N–H and O–H groups in total. The van der Waals surface area contributed by atoms with Crippen molar-refractivity contribution in [1.29, 1.82) is 0 Å². The van der Waals surface area contributed by atoms with Crippen LogP contribution >= 0.6 is 0 Å². The van der Waals surface area contributed by atoms with Gasteiger partial charge >= 0.3 is 0 Å². The van der Waals surface area contributed by atoms with Crippen molar-refractivity contribution < 1.29 is 19.4 Å². The lowest BCUT2D eigenvalue weighted by molar-refractivity contribution is -0.175. The Morgan fingerprint density at radius 2 is 2.06 bits per heavy atom. The predicted octanol–water partition coefficient (Wildman–Crippen LogP) is 3.90. The molecule has 3 saturated carbocycles. The Labute approximate surface area is 208 Å². The number of carbonyl (C=O) groups excluding carboxylic acids is 2. The first-order valence-corrected chi connectivity index (χ1v) is 13.2. The first-order chi connectivity index (χ1) is 16.4. The second kappa shape index (κ2) is 9.26.